The van der Waals surface area contributed by atoms with E-state index in [1.807, 2.05) is 6.92 Å². The second-order valence-electron chi connectivity index (χ2n) is 6.11. The van der Waals surface area contributed by atoms with E-state index in [2.05, 4.69) is 9.97 Å². The van der Waals surface area contributed by atoms with Crippen molar-refractivity contribution in [2.45, 2.75) is 40.5 Å². The van der Waals surface area contributed by atoms with Gasteiger partial charge in [0, 0.05) is 11.4 Å². The van der Waals surface area contributed by atoms with Gasteiger partial charge in [0.25, 0.3) is 0 Å². The lowest BCUT2D eigenvalue weighted by molar-refractivity contribution is 0.0651. The fraction of sp³-hybridized carbons (Fsp3) is 0.316. The number of aromatic nitrogens is 2. The van der Waals surface area contributed by atoms with Gasteiger partial charge in [-0.2, -0.15) is 0 Å². The molecule has 0 aliphatic heterocycles. The van der Waals surface area contributed by atoms with E-state index in [1.165, 1.54) is 13.0 Å². The molecule has 0 aliphatic carbocycles. The predicted octanol–water partition coefficient (Wildman–Crippen LogP) is 2.16. The van der Waals surface area contributed by atoms with Crippen LogP contribution in [-0.4, -0.2) is 43.2 Å². The fourth-order valence-electron chi connectivity index (χ4n) is 2.82. The molecule has 10 heteroatoms. The second-order valence-corrected chi connectivity index (χ2v) is 6.11. The van der Waals surface area contributed by atoms with Crippen LogP contribution in [0.1, 0.15) is 67.4 Å². The Balaban J connectivity index is 0.000000296. The number of aromatic carboxylic acids is 3. The third kappa shape index (κ3) is 5.18. The van der Waals surface area contributed by atoms with E-state index in [-0.39, 0.29) is 22.8 Å². The molecule has 7 N–H and O–H groups in total. The summed E-state index contributed by atoms with van der Waals surface area (Å²) in [5.41, 5.74) is 12.7. The van der Waals surface area contributed by atoms with Gasteiger partial charge in [-0.1, -0.05) is 13.8 Å². The Bertz CT molecular complexity index is 972. The number of hydrogen-bond acceptors (Lipinski definition) is 7. The molecule has 0 atom stereocenters. The SMILES string of the molecule is CCc1nc(N)c(C(=O)O)c(C(=O)O)c1C.CCc1nc(N)cc(C(=O)O)c1C. The Morgan fingerprint density at radius 1 is 0.828 bits per heavy atom. The first-order valence-corrected chi connectivity index (χ1v) is 8.70. The average molecular weight is 404 g/mol. The molecule has 0 aromatic carbocycles. The van der Waals surface area contributed by atoms with Gasteiger partial charge in [0.15, 0.2) is 0 Å². The van der Waals surface area contributed by atoms with Crippen molar-refractivity contribution < 1.29 is 29.7 Å². The number of carbonyl (C=O) groups is 3. The summed E-state index contributed by atoms with van der Waals surface area (Å²) in [6.45, 7) is 6.98. The quantitative estimate of drug-likeness (QED) is 0.493. The highest BCUT2D eigenvalue weighted by atomic mass is 16.4. The fourth-order valence-corrected chi connectivity index (χ4v) is 2.82. The highest BCUT2D eigenvalue weighted by molar-refractivity contribution is 6.05. The van der Waals surface area contributed by atoms with Crippen LogP contribution in [0.5, 0.6) is 0 Å². The molecule has 0 saturated carbocycles. The topological polar surface area (TPSA) is 190 Å². The van der Waals surface area contributed by atoms with Gasteiger partial charge in [0.1, 0.15) is 17.2 Å². The molecule has 0 spiro atoms. The standard InChI is InChI=1S/C10H12N2O4.C9H12N2O2/c1-3-5-4(2)6(9(13)14)7(10(15)16)8(11)12-5;1-3-7-5(2)6(9(12)13)4-8(10)11-7/h3H2,1-2H3,(H2,11,12)(H,13,14)(H,15,16);4H,3H2,1-2H3,(H2,10,11)(H,12,13). The maximum Gasteiger partial charge on any atom is 0.340 e. The highest BCUT2D eigenvalue weighted by Gasteiger charge is 2.24. The Kier molecular flexibility index (Phi) is 7.64. The summed E-state index contributed by atoms with van der Waals surface area (Å²) in [6, 6.07) is 1.39. The van der Waals surface area contributed by atoms with E-state index in [0.29, 0.717) is 29.7 Å². The van der Waals surface area contributed by atoms with Gasteiger partial charge in [-0.3, -0.25) is 0 Å². The molecule has 0 bridgehead atoms. The Labute approximate surface area is 167 Å². The number of hydrogen-bond donors (Lipinski definition) is 5. The number of carboxylic acids is 3. The summed E-state index contributed by atoms with van der Waals surface area (Å²) in [6.07, 6.45) is 1.19. The molecule has 2 heterocycles. The zero-order chi connectivity index (χ0) is 22.5. The van der Waals surface area contributed by atoms with Crippen LogP contribution >= 0.6 is 0 Å². The molecule has 29 heavy (non-hydrogen) atoms. The predicted molar refractivity (Wildman–Crippen MR) is 106 cm³/mol. The molecule has 2 aromatic heterocycles. The molecule has 2 aromatic rings. The van der Waals surface area contributed by atoms with E-state index in [1.54, 1.807) is 13.8 Å². The molecule has 0 radical (unpaired) electrons. The van der Waals surface area contributed by atoms with E-state index < -0.39 is 23.5 Å². The number of aryl methyl sites for hydroxylation is 2. The number of rotatable bonds is 5. The van der Waals surface area contributed by atoms with Gasteiger partial charge >= 0.3 is 17.9 Å². The Morgan fingerprint density at radius 2 is 1.31 bits per heavy atom. The first kappa shape index (κ1) is 23.3. The van der Waals surface area contributed by atoms with Crippen LogP contribution in [0, 0.1) is 13.8 Å². The van der Waals surface area contributed by atoms with Crippen LogP contribution in [0.25, 0.3) is 0 Å². The van der Waals surface area contributed by atoms with E-state index in [0.717, 1.165) is 5.69 Å². The van der Waals surface area contributed by atoms with Crippen molar-refractivity contribution in [1.82, 2.24) is 9.97 Å². The number of nitrogens with zero attached hydrogens (tertiary/aromatic N) is 2. The molecule has 0 saturated heterocycles. The number of nitrogen functional groups attached to an aromatic ring is 2. The van der Waals surface area contributed by atoms with Crippen molar-refractivity contribution in [2.24, 2.45) is 0 Å². The van der Waals surface area contributed by atoms with E-state index in [9.17, 15) is 14.4 Å². The van der Waals surface area contributed by atoms with Crippen molar-refractivity contribution >= 4 is 29.5 Å². The zero-order valence-electron chi connectivity index (χ0n) is 16.6. The summed E-state index contributed by atoms with van der Waals surface area (Å²) in [5.74, 6) is -3.64. The third-order valence-electron chi connectivity index (χ3n) is 4.29. The minimum Gasteiger partial charge on any atom is -0.478 e. The van der Waals surface area contributed by atoms with Crippen molar-refractivity contribution in [3.05, 3.63) is 45.3 Å². The van der Waals surface area contributed by atoms with Crippen LogP contribution in [-0.2, 0) is 12.8 Å². The lowest BCUT2D eigenvalue weighted by atomic mass is 10.00. The monoisotopic (exact) mass is 404 g/mol. The number of nitrogens with two attached hydrogens (primary N) is 2. The lowest BCUT2D eigenvalue weighted by Gasteiger charge is -2.11. The van der Waals surface area contributed by atoms with Crippen LogP contribution < -0.4 is 11.5 Å². The smallest absolute Gasteiger partial charge is 0.340 e. The average Bonchev–Trinajstić information content (AvgIpc) is 2.64. The number of pyridine rings is 2. The molecule has 0 aliphatic rings. The van der Waals surface area contributed by atoms with Gasteiger partial charge in [-0.15, -0.1) is 0 Å². The third-order valence-corrected chi connectivity index (χ3v) is 4.29. The van der Waals surface area contributed by atoms with Crippen LogP contribution in [0.4, 0.5) is 11.6 Å². The van der Waals surface area contributed by atoms with Gasteiger partial charge in [0.2, 0.25) is 0 Å². The minimum absolute atomic E-state index is 0.240. The lowest BCUT2D eigenvalue weighted by Crippen LogP contribution is -2.16. The van der Waals surface area contributed by atoms with Crippen molar-refractivity contribution in [3.8, 4) is 0 Å². The number of carboxylic acid groups (broad SMARTS) is 3. The van der Waals surface area contributed by atoms with Gasteiger partial charge < -0.3 is 26.8 Å². The van der Waals surface area contributed by atoms with Crippen LogP contribution in [0.3, 0.4) is 0 Å². The minimum atomic E-state index is -1.38. The van der Waals surface area contributed by atoms with Crippen LogP contribution in [0.15, 0.2) is 6.07 Å². The molecule has 0 fully saturated rings. The molecule has 0 amide bonds. The number of anilines is 2. The summed E-state index contributed by atoms with van der Waals surface area (Å²) >= 11 is 0. The maximum absolute atomic E-state index is 11.0. The van der Waals surface area contributed by atoms with Gasteiger partial charge in [0.05, 0.1) is 11.1 Å². The zero-order valence-corrected chi connectivity index (χ0v) is 16.6. The van der Waals surface area contributed by atoms with Crippen molar-refractivity contribution in [3.63, 3.8) is 0 Å². The molecule has 2 rings (SSSR count). The molecule has 0 unspecified atom stereocenters. The van der Waals surface area contributed by atoms with Crippen molar-refractivity contribution in [2.75, 3.05) is 11.5 Å². The first-order chi connectivity index (χ1) is 13.5. The summed E-state index contributed by atoms with van der Waals surface area (Å²) in [7, 11) is 0. The first-order valence-electron chi connectivity index (χ1n) is 8.70. The maximum atomic E-state index is 11.0. The Hall–Kier alpha value is -3.69. The Morgan fingerprint density at radius 3 is 1.72 bits per heavy atom. The highest BCUT2D eigenvalue weighted by Crippen LogP contribution is 2.22. The summed E-state index contributed by atoms with van der Waals surface area (Å²) in [5, 5.41) is 26.7. The summed E-state index contributed by atoms with van der Waals surface area (Å²) < 4.78 is 0. The summed E-state index contributed by atoms with van der Waals surface area (Å²) in [4.78, 5) is 40.6. The molecule has 156 valence electrons. The van der Waals surface area contributed by atoms with Crippen LogP contribution in [0.2, 0.25) is 0 Å². The van der Waals surface area contributed by atoms with E-state index >= 15 is 0 Å². The molecular weight excluding hydrogens is 380 g/mol. The molecular formula is C19H24N4O6. The van der Waals surface area contributed by atoms with E-state index in [4.69, 9.17) is 26.8 Å². The van der Waals surface area contributed by atoms with Gasteiger partial charge in [-0.05, 0) is 43.9 Å². The van der Waals surface area contributed by atoms with Gasteiger partial charge in [-0.25, -0.2) is 24.4 Å². The molecule has 10 nitrogen and oxygen atoms in total. The normalized spacial score (nSPS) is 10.1. The van der Waals surface area contributed by atoms with Crippen molar-refractivity contribution in [1.29, 1.82) is 0 Å². The second kappa shape index (κ2) is 9.49. The largest absolute Gasteiger partial charge is 0.478 e.